The van der Waals surface area contributed by atoms with Crippen LogP contribution in [-0.2, 0) is 12.8 Å². The van der Waals surface area contributed by atoms with Crippen LogP contribution in [0.15, 0.2) is 6.07 Å². The van der Waals surface area contributed by atoms with Gasteiger partial charge in [-0.3, -0.25) is 4.79 Å². The van der Waals surface area contributed by atoms with Crippen molar-refractivity contribution in [2.45, 2.75) is 19.3 Å². The van der Waals surface area contributed by atoms with Crippen molar-refractivity contribution >= 4 is 29.7 Å². The monoisotopic (exact) mass is 246 g/mol. The van der Waals surface area contributed by atoms with Crippen molar-refractivity contribution in [3.8, 4) is 0 Å². The molecule has 0 saturated heterocycles. The van der Waals surface area contributed by atoms with Crippen LogP contribution in [0.3, 0.4) is 0 Å². The van der Waals surface area contributed by atoms with Crippen LogP contribution in [0.1, 0.15) is 26.5 Å². The van der Waals surface area contributed by atoms with Gasteiger partial charge in [-0.15, -0.1) is 23.7 Å². The first-order chi connectivity index (χ1) is 6.81. The average molecular weight is 247 g/mol. The number of carbonyl (C=O) groups excluding carboxylic acids is 1. The Kier molecular flexibility index (Phi) is 4.57. The largest absolute Gasteiger partial charge is 0.350 e. The summed E-state index contributed by atoms with van der Waals surface area (Å²) in [5.74, 6) is 0.0230. The third kappa shape index (κ3) is 2.71. The van der Waals surface area contributed by atoms with Crippen LogP contribution in [0.5, 0.6) is 0 Å². The Morgan fingerprint density at radius 3 is 3.00 bits per heavy atom. The minimum absolute atomic E-state index is 0. The molecule has 5 heteroatoms. The zero-order chi connectivity index (χ0) is 9.97. The molecule has 1 heterocycles. The second-order valence-electron chi connectivity index (χ2n) is 3.46. The lowest BCUT2D eigenvalue weighted by Gasteiger charge is -1.99. The van der Waals surface area contributed by atoms with Crippen molar-refractivity contribution < 1.29 is 4.79 Å². The molecule has 1 aromatic rings. The number of nitrogens with two attached hydrogens (primary N) is 1. The normalized spacial score (nSPS) is 13.1. The van der Waals surface area contributed by atoms with Crippen LogP contribution in [-0.4, -0.2) is 19.0 Å². The number of nitrogens with one attached hydrogen (secondary N) is 1. The van der Waals surface area contributed by atoms with Gasteiger partial charge in [-0.05, 0) is 30.9 Å². The van der Waals surface area contributed by atoms with Crippen LogP contribution in [0.2, 0.25) is 0 Å². The Morgan fingerprint density at radius 1 is 1.53 bits per heavy atom. The lowest BCUT2D eigenvalue weighted by Crippen LogP contribution is -2.28. The molecule has 0 aliphatic heterocycles. The summed E-state index contributed by atoms with van der Waals surface area (Å²) in [6.45, 7) is 1.05. The summed E-state index contributed by atoms with van der Waals surface area (Å²) in [5.41, 5.74) is 6.68. The number of thiophene rings is 1. The third-order valence-electron chi connectivity index (χ3n) is 2.40. The molecule has 1 aliphatic rings. The van der Waals surface area contributed by atoms with Crippen molar-refractivity contribution in [3.05, 3.63) is 21.4 Å². The highest BCUT2D eigenvalue weighted by Crippen LogP contribution is 2.30. The minimum Gasteiger partial charge on any atom is -0.350 e. The molecule has 2 rings (SSSR count). The predicted octanol–water partition coefficient (Wildman–Crippen LogP) is 1.35. The van der Waals surface area contributed by atoms with E-state index in [9.17, 15) is 4.79 Å². The van der Waals surface area contributed by atoms with E-state index in [1.807, 2.05) is 6.07 Å². The van der Waals surface area contributed by atoms with Crippen molar-refractivity contribution in [3.63, 3.8) is 0 Å². The summed E-state index contributed by atoms with van der Waals surface area (Å²) in [5, 5.41) is 2.78. The van der Waals surface area contributed by atoms with Gasteiger partial charge in [-0.1, -0.05) is 0 Å². The van der Waals surface area contributed by atoms with E-state index in [1.54, 1.807) is 11.3 Å². The Balaban J connectivity index is 0.00000112. The molecule has 0 bridgehead atoms. The van der Waals surface area contributed by atoms with E-state index in [2.05, 4.69) is 5.32 Å². The number of rotatable bonds is 3. The fourth-order valence-corrected chi connectivity index (χ4v) is 2.88. The Morgan fingerprint density at radius 2 is 2.33 bits per heavy atom. The summed E-state index contributed by atoms with van der Waals surface area (Å²) >= 11 is 1.63. The number of amides is 1. The van der Waals surface area contributed by atoms with Crippen molar-refractivity contribution in [1.82, 2.24) is 5.32 Å². The van der Waals surface area contributed by atoms with Gasteiger partial charge in [0, 0.05) is 18.0 Å². The van der Waals surface area contributed by atoms with Gasteiger partial charge in [0.25, 0.3) is 5.91 Å². The van der Waals surface area contributed by atoms with Crippen LogP contribution >= 0.6 is 23.7 Å². The van der Waals surface area contributed by atoms with E-state index in [4.69, 9.17) is 5.73 Å². The molecule has 0 atom stereocenters. The van der Waals surface area contributed by atoms with E-state index < -0.39 is 0 Å². The fourth-order valence-electron chi connectivity index (χ4n) is 1.71. The van der Waals surface area contributed by atoms with Gasteiger partial charge in [0.15, 0.2) is 0 Å². The molecule has 1 amide bonds. The summed E-state index contributed by atoms with van der Waals surface area (Å²) in [7, 11) is 0. The first-order valence-electron chi connectivity index (χ1n) is 4.91. The molecular formula is C10H15ClN2OS. The number of carbonyl (C=O) groups is 1. The van der Waals surface area contributed by atoms with Gasteiger partial charge in [0.05, 0.1) is 4.88 Å². The lowest BCUT2D eigenvalue weighted by molar-refractivity contribution is 0.0958. The van der Waals surface area contributed by atoms with E-state index in [-0.39, 0.29) is 18.3 Å². The van der Waals surface area contributed by atoms with Crippen LogP contribution < -0.4 is 11.1 Å². The molecule has 0 spiro atoms. The molecule has 0 aromatic carbocycles. The zero-order valence-corrected chi connectivity index (χ0v) is 10.0. The molecule has 0 saturated carbocycles. The standard InChI is InChI=1S/C10H14N2OS.ClH/c11-4-5-12-10(13)9-6-7-2-1-3-8(7)14-9;/h6H,1-5,11H2,(H,12,13);1H. The molecule has 15 heavy (non-hydrogen) atoms. The second kappa shape index (κ2) is 5.49. The predicted molar refractivity (Wildman–Crippen MR) is 65.0 cm³/mol. The number of hydrogen-bond donors (Lipinski definition) is 2. The molecule has 0 unspecified atom stereocenters. The summed E-state index contributed by atoms with van der Waals surface area (Å²) in [6.07, 6.45) is 3.52. The molecule has 0 radical (unpaired) electrons. The van der Waals surface area contributed by atoms with E-state index in [1.165, 1.54) is 16.9 Å². The van der Waals surface area contributed by atoms with Gasteiger partial charge in [-0.2, -0.15) is 0 Å². The highest BCUT2D eigenvalue weighted by atomic mass is 35.5. The SMILES string of the molecule is Cl.NCCNC(=O)c1cc2c(s1)CCC2. The van der Waals surface area contributed by atoms with Gasteiger partial charge < -0.3 is 11.1 Å². The highest BCUT2D eigenvalue weighted by Gasteiger charge is 2.17. The van der Waals surface area contributed by atoms with Crippen LogP contribution in [0.25, 0.3) is 0 Å². The molecule has 1 aromatic heterocycles. The van der Waals surface area contributed by atoms with E-state index >= 15 is 0 Å². The zero-order valence-electron chi connectivity index (χ0n) is 8.41. The quantitative estimate of drug-likeness (QED) is 0.846. The maximum Gasteiger partial charge on any atom is 0.261 e. The van der Waals surface area contributed by atoms with Crippen molar-refractivity contribution in [1.29, 1.82) is 0 Å². The molecule has 1 aliphatic carbocycles. The molecule has 3 nitrogen and oxygen atoms in total. The Hall–Kier alpha value is -0.580. The maximum absolute atomic E-state index is 11.6. The Labute approximate surface area is 99.5 Å². The number of aryl methyl sites for hydroxylation is 2. The summed E-state index contributed by atoms with van der Waals surface area (Å²) in [4.78, 5) is 13.8. The first-order valence-corrected chi connectivity index (χ1v) is 5.73. The highest BCUT2D eigenvalue weighted by molar-refractivity contribution is 7.14. The van der Waals surface area contributed by atoms with E-state index in [0.29, 0.717) is 13.1 Å². The van der Waals surface area contributed by atoms with Gasteiger partial charge >= 0.3 is 0 Å². The number of halogens is 1. The average Bonchev–Trinajstić information content (AvgIpc) is 2.72. The molecular weight excluding hydrogens is 232 g/mol. The number of fused-ring (bicyclic) bond motifs is 1. The minimum atomic E-state index is 0. The van der Waals surface area contributed by atoms with Crippen LogP contribution in [0, 0.1) is 0 Å². The molecule has 3 N–H and O–H groups in total. The lowest BCUT2D eigenvalue weighted by atomic mass is 10.2. The van der Waals surface area contributed by atoms with Crippen LogP contribution in [0.4, 0.5) is 0 Å². The summed E-state index contributed by atoms with van der Waals surface area (Å²) in [6, 6.07) is 2.03. The smallest absolute Gasteiger partial charge is 0.261 e. The Bertz CT molecular complexity index is 330. The van der Waals surface area contributed by atoms with Crippen molar-refractivity contribution in [2.75, 3.05) is 13.1 Å². The fraction of sp³-hybridized carbons (Fsp3) is 0.500. The van der Waals surface area contributed by atoms with Gasteiger partial charge in [0.1, 0.15) is 0 Å². The topological polar surface area (TPSA) is 55.1 Å². The van der Waals surface area contributed by atoms with Gasteiger partial charge in [0.2, 0.25) is 0 Å². The third-order valence-corrected chi connectivity index (χ3v) is 3.64. The second-order valence-corrected chi connectivity index (χ2v) is 4.59. The molecule has 0 fully saturated rings. The van der Waals surface area contributed by atoms with Gasteiger partial charge in [-0.25, -0.2) is 0 Å². The van der Waals surface area contributed by atoms with Crippen molar-refractivity contribution in [2.24, 2.45) is 5.73 Å². The molecule has 84 valence electrons. The maximum atomic E-state index is 11.6. The number of hydrogen-bond acceptors (Lipinski definition) is 3. The summed E-state index contributed by atoms with van der Waals surface area (Å²) < 4.78 is 0. The first kappa shape index (κ1) is 12.5. The van der Waals surface area contributed by atoms with E-state index in [0.717, 1.165) is 17.7 Å².